The number of hydrogen-bond acceptors (Lipinski definition) is 4. The zero-order chi connectivity index (χ0) is 12.5. The second-order valence-corrected chi connectivity index (χ2v) is 4.16. The van der Waals surface area contributed by atoms with E-state index in [0.29, 0.717) is 0 Å². The number of nitrogens with one attached hydrogen (secondary N) is 1. The zero-order valence-corrected chi connectivity index (χ0v) is 11.1. The molecule has 1 aromatic heterocycles. The van der Waals surface area contributed by atoms with Crippen molar-refractivity contribution >= 4 is 0 Å². The van der Waals surface area contributed by atoms with Crippen LogP contribution in [0.2, 0.25) is 0 Å². The van der Waals surface area contributed by atoms with E-state index in [-0.39, 0.29) is 0 Å². The highest BCUT2D eigenvalue weighted by Crippen LogP contribution is 2.14. The SMILES string of the molecule is CCCNCCN(C)Cc1cccnc1OC. The van der Waals surface area contributed by atoms with E-state index in [1.54, 1.807) is 13.3 Å². The predicted octanol–water partition coefficient (Wildman–Crippen LogP) is 1.52. The molecule has 0 radical (unpaired) electrons. The number of methoxy groups -OCH3 is 1. The summed E-state index contributed by atoms with van der Waals surface area (Å²) >= 11 is 0. The zero-order valence-electron chi connectivity index (χ0n) is 11.1. The molecular weight excluding hydrogens is 214 g/mol. The van der Waals surface area contributed by atoms with E-state index < -0.39 is 0 Å². The monoisotopic (exact) mass is 237 g/mol. The maximum Gasteiger partial charge on any atom is 0.217 e. The first-order chi connectivity index (χ1) is 8.27. The second kappa shape index (κ2) is 8.03. The molecule has 0 spiro atoms. The maximum atomic E-state index is 5.24. The van der Waals surface area contributed by atoms with Gasteiger partial charge in [0.15, 0.2) is 0 Å². The molecule has 1 heterocycles. The molecule has 0 saturated carbocycles. The molecule has 0 atom stereocenters. The quantitative estimate of drug-likeness (QED) is 0.696. The largest absolute Gasteiger partial charge is 0.481 e. The molecule has 4 nitrogen and oxygen atoms in total. The van der Waals surface area contributed by atoms with E-state index in [9.17, 15) is 0 Å². The molecule has 17 heavy (non-hydrogen) atoms. The highest BCUT2D eigenvalue weighted by Gasteiger charge is 2.06. The minimum absolute atomic E-state index is 0.723. The van der Waals surface area contributed by atoms with Gasteiger partial charge in [-0.2, -0.15) is 0 Å². The molecule has 0 aliphatic heterocycles. The average Bonchev–Trinajstić information content (AvgIpc) is 2.35. The fourth-order valence-electron chi connectivity index (χ4n) is 1.67. The number of ether oxygens (including phenoxy) is 1. The Morgan fingerprint density at radius 3 is 2.94 bits per heavy atom. The van der Waals surface area contributed by atoms with Gasteiger partial charge in [-0.05, 0) is 26.1 Å². The van der Waals surface area contributed by atoms with E-state index in [1.807, 2.05) is 6.07 Å². The fraction of sp³-hybridized carbons (Fsp3) is 0.615. The molecule has 0 aliphatic rings. The molecule has 0 saturated heterocycles. The maximum absolute atomic E-state index is 5.24. The third kappa shape index (κ3) is 5.15. The van der Waals surface area contributed by atoms with Crippen LogP contribution in [-0.4, -0.2) is 43.7 Å². The van der Waals surface area contributed by atoms with Crippen molar-refractivity contribution in [3.8, 4) is 5.88 Å². The molecule has 0 aliphatic carbocycles. The normalized spacial score (nSPS) is 10.8. The van der Waals surface area contributed by atoms with Gasteiger partial charge in [0.2, 0.25) is 5.88 Å². The Labute approximate surface area is 104 Å². The molecule has 0 amide bonds. The summed E-state index contributed by atoms with van der Waals surface area (Å²) in [5.74, 6) is 0.723. The van der Waals surface area contributed by atoms with Crippen LogP contribution in [0.25, 0.3) is 0 Å². The lowest BCUT2D eigenvalue weighted by Gasteiger charge is -2.17. The molecule has 0 bridgehead atoms. The Kier molecular flexibility index (Phi) is 6.58. The van der Waals surface area contributed by atoms with E-state index >= 15 is 0 Å². The van der Waals surface area contributed by atoms with Crippen molar-refractivity contribution in [2.24, 2.45) is 0 Å². The van der Waals surface area contributed by atoms with Crippen molar-refractivity contribution in [1.82, 2.24) is 15.2 Å². The lowest BCUT2D eigenvalue weighted by molar-refractivity contribution is 0.312. The van der Waals surface area contributed by atoms with E-state index in [4.69, 9.17) is 4.74 Å². The first-order valence-electron chi connectivity index (χ1n) is 6.15. The summed E-state index contributed by atoms with van der Waals surface area (Å²) in [5.41, 5.74) is 1.13. The Morgan fingerprint density at radius 1 is 1.41 bits per heavy atom. The summed E-state index contributed by atoms with van der Waals surface area (Å²) in [5, 5.41) is 3.39. The van der Waals surface area contributed by atoms with E-state index in [2.05, 4.69) is 35.2 Å². The van der Waals surface area contributed by atoms with Crippen molar-refractivity contribution in [3.05, 3.63) is 23.9 Å². The smallest absolute Gasteiger partial charge is 0.217 e. The van der Waals surface area contributed by atoms with Crippen LogP contribution in [0, 0.1) is 0 Å². The minimum atomic E-state index is 0.723. The first kappa shape index (κ1) is 13.9. The lowest BCUT2D eigenvalue weighted by atomic mass is 10.2. The van der Waals surface area contributed by atoms with Gasteiger partial charge in [-0.15, -0.1) is 0 Å². The number of pyridine rings is 1. The standard InChI is InChI=1S/C13H23N3O/c1-4-7-14-9-10-16(2)11-12-6-5-8-15-13(12)17-3/h5-6,8,14H,4,7,9-11H2,1-3H3. The topological polar surface area (TPSA) is 37.4 Å². The molecule has 0 unspecified atom stereocenters. The first-order valence-corrected chi connectivity index (χ1v) is 6.15. The highest BCUT2D eigenvalue weighted by molar-refractivity contribution is 5.24. The Balaban J connectivity index is 2.36. The molecule has 1 N–H and O–H groups in total. The number of hydrogen-bond donors (Lipinski definition) is 1. The van der Waals surface area contributed by atoms with E-state index in [1.165, 1.54) is 6.42 Å². The van der Waals surface area contributed by atoms with Gasteiger partial charge in [-0.1, -0.05) is 13.0 Å². The summed E-state index contributed by atoms with van der Waals surface area (Å²) in [6.45, 7) is 6.18. The predicted molar refractivity (Wildman–Crippen MR) is 70.3 cm³/mol. The van der Waals surface area contributed by atoms with Gasteiger partial charge >= 0.3 is 0 Å². The van der Waals surface area contributed by atoms with Gasteiger partial charge in [0, 0.05) is 31.4 Å². The number of aromatic nitrogens is 1. The Bertz CT molecular complexity index is 317. The van der Waals surface area contributed by atoms with Crippen molar-refractivity contribution in [3.63, 3.8) is 0 Å². The van der Waals surface area contributed by atoms with Crippen molar-refractivity contribution in [2.75, 3.05) is 33.8 Å². The second-order valence-electron chi connectivity index (χ2n) is 4.16. The van der Waals surface area contributed by atoms with Crippen molar-refractivity contribution in [1.29, 1.82) is 0 Å². The molecule has 96 valence electrons. The molecule has 4 heteroatoms. The van der Waals surface area contributed by atoms with Crippen LogP contribution >= 0.6 is 0 Å². The summed E-state index contributed by atoms with van der Waals surface area (Å²) in [6, 6.07) is 4.00. The van der Waals surface area contributed by atoms with Gasteiger partial charge < -0.3 is 15.0 Å². The molecule has 1 aromatic rings. The van der Waals surface area contributed by atoms with E-state index in [0.717, 1.165) is 37.6 Å². The van der Waals surface area contributed by atoms with Crippen LogP contribution in [0.1, 0.15) is 18.9 Å². The Morgan fingerprint density at radius 2 is 2.24 bits per heavy atom. The van der Waals surface area contributed by atoms with Gasteiger partial charge in [-0.25, -0.2) is 4.98 Å². The van der Waals surface area contributed by atoms with Gasteiger partial charge in [0.25, 0.3) is 0 Å². The van der Waals surface area contributed by atoms with Crippen LogP contribution in [0.5, 0.6) is 5.88 Å². The summed E-state index contributed by atoms with van der Waals surface area (Å²) in [4.78, 5) is 6.46. The lowest BCUT2D eigenvalue weighted by Crippen LogP contribution is -2.29. The summed E-state index contributed by atoms with van der Waals surface area (Å²) in [7, 11) is 3.77. The highest BCUT2D eigenvalue weighted by atomic mass is 16.5. The number of likely N-dealkylation sites (N-methyl/N-ethyl adjacent to an activating group) is 1. The van der Waals surface area contributed by atoms with Crippen molar-refractivity contribution < 1.29 is 4.74 Å². The third-order valence-electron chi connectivity index (χ3n) is 2.58. The van der Waals surface area contributed by atoms with Crippen LogP contribution in [-0.2, 0) is 6.54 Å². The van der Waals surface area contributed by atoms with Gasteiger partial charge in [0.05, 0.1) is 7.11 Å². The molecular formula is C13H23N3O. The molecule has 1 rings (SSSR count). The number of nitrogens with zero attached hydrogens (tertiary/aromatic N) is 2. The van der Waals surface area contributed by atoms with Crippen LogP contribution < -0.4 is 10.1 Å². The molecule has 0 aromatic carbocycles. The van der Waals surface area contributed by atoms with Crippen LogP contribution in [0.3, 0.4) is 0 Å². The minimum Gasteiger partial charge on any atom is -0.481 e. The van der Waals surface area contributed by atoms with Gasteiger partial charge in [-0.3, -0.25) is 0 Å². The van der Waals surface area contributed by atoms with Crippen LogP contribution in [0.15, 0.2) is 18.3 Å². The fourth-order valence-corrected chi connectivity index (χ4v) is 1.67. The third-order valence-corrected chi connectivity index (χ3v) is 2.58. The van der Waals surface area contributed by atoms with Gasteiger partial charge in [0.1, 0.15) is 0 Å². The summed E-state index contributed by atoms with van der Waals surface area (Å²) in [6.07, 6.45) is 2.94. The number of rotatable bonds is 8. The molecule has 0 fully saturated rings. The summed E-state index contributed by atoms with van der Waals surface area (Å²) < 4.78 is 5.24. The van der Waals surface area contributed by atoms with Crippen LogP contribution in [0.4, 0.5) is 0 Å². The Hall–Kier alpha value is -1.13. The average molecular weight is 237 g/mol. The van der Waals surface area contributed by atoms with Crippen molar-refractivity contribution in [2.45, 2.75) is 19.9 Å².